The molecule has 0 aliphatic rings. The van der Waals surface area contributed by atoms with Crippen LogP contribution in [0.3, 0.4) is 0 Å². The Morgan fingerprint density at radius 3 is 3.00 bits per heavy atom. The molecule has 4 heteroatoms. The molecule has 0 saturated heterocycles. The van der Waals surface area contributed by atoms with Crippen LogP contribution >= 0.6 is 0 Å². The summed E-state index contributed by atoms with van der Waals surface area (Å²) in [5.74, 6) is 1.08. The van der Waals surface area contributed by atoms with Crippen molar-refractivity contribution in [3.8, 4) is 5.75 Å². The maximum absolute atomic E-state index is 11.4. The largest absolute Gasteiger partial charge is 0.490 e. The molecule has 0 aliphatic heterocycles. The maximum Gasteiger partial charge on any atom is 0.225 e. The Bertz CT molecular complexity index is 326. The minimum atomic E-state index is -0.0304. The fraction of sp³-hybridized carbons (Fsp3) is 0.455. The zero-order chi connectivity index (χ0) is 11.1. The summed E-state index contributed by atoms with van der Waals surface area (Å²) in [5.41, 5.74) is 0. The zero-order valence-corrected chi connectivity index (χ0v) is 9.12. The number of pyridine rings is 1. The van der Waals surface area contributed by atoms with Gasteiger partial charge in [0.25, 0.3) is 0 Å². The first kappa shape index (κ1) is 11.5. The number of nitrogens with zero attached hydrogens (tertiary/aromatic N) is 1. The first-order valence-electron chi connectivity index (χ1n) is 5.15. The molecule has 0 saturated carbocycles. The summed E-state index contributed by atoms with van der Waals surface area (Å²) >= 11 is 0. The van der Waals surface area contributed by atoms with E-state index in [4.69, 9.17) is 4.74 Å². The molecule has 0 aliphatic carbocycles. The second-order valence-corrected chi connectivity index (χ2v) is 3.08. The van der Waals surface area contributed by atoms with Crippen LogP contribution in [-0.2, 0) is 4.79 Å². The first-order chi connectivity index (χ1) is 7.27. The van der Waals surface area contributed by atoms with Crippen molar-refractivity contribution in [2.75, 3.05) is 11.9 Å². The minimum Gasteiger partial charge on any atom is -0.490 e. The highest BCUT2D eigenvalue weighted by molar-refractivity contribution is 5.90. The van der Waals surface area contributed by atoms with Crippen molar-refractivity contribution in [2.24, 2.45) is 0 Å². The molecule has 1 N–H and O–H groups in total. The lowest BCUT2D eigenvalue weighted by atomic mass is 10.3. The predicted molar refractivity (Wildman–Crippen MR) is 58.9 cm³/mol. The highest BCUT2D eigenvalue weighted by Crippen LogP contribution is 2.20. The lowest BCUT2D eigenvalue weighted by Crippen LogP contribution is -2.13. The SMILES string of the molecule is CCCC(=O)Nc1ncccc1OCC. The average Bonchev–Trinajstić information content (AvgIpc) is 2.21. The summed E-state index contributed by atoms with van der Waals surface area (Å²) in [4.78, 5) is 15.4. The van der Waals surface area contributed by atoms with Crippen LogP contribution in [0.5, 0.6) is 5.75 Å². The second-order valence-electron chi connectivity index (χ2n) is 3.08. The molecule has 1 rings (SSSR count). The average molecular weight is 208 g/mol. The molecule has 1 aromatic heterocycles. The monoisotopic (exact) mass is 208 g/mol. The van der Waals surface area contributed by atoms with E-state index in [0.29, 0.717) is 24.6 Å². The molecule has 0 atom stereocenters. The molecule has 0 radical (unpaired) electrons. The van der Waals surface area contributed by atoms with Gasteiger partial charge in [-0.15, -0.1) is 0 Å². The standard InChI is InChI=1S/C11H16N2O2/c1-3-6-10(14)13-11-9(15-4-2)7-5-8-12-11/h5,7-8H,3-4,6H2,1-2H3,(H,12,13,14). The molecule has 1 heterocycles. The molecular formula is C11H16N2O2. The molecule has 0 unspecified atom stereocenters. The van der Waals surface area contributed by atoms with Gasteiger partial charge in [-0.1, -0.05) is 6.92 Å². The summed E-state index contributed by atoms with van der Waals surface area (Å²) < 4.78 is 5.34. The van der Waals surface area contributed by atoms with Crippen molar-refractivity contribution in [2.45, 2.75) is 26.7 Å². The second kappa shape index (κ2) is 6.01. The van der Waals surface area contributed by atoms with Gasteiger partial charge in [-0.25, -0.2) is 4.98 Å². The molecular weight excluding hydrogens is 192 g/mol. The van der Waals surface area contributed by atoms with Crippen LogP contribution in [0.25, 0.3) is 0 Å². The maximum atomic E-state index is 11.4. The number of amides is 1. The number of ether oxygens (including phenoxy) is 1. The van der Waals surface area contributed by atoms with E-state index < -0.39 is 0 Å². The highest BCUT2D eigenvalue weighted by Gasteiger charge is 2.07. The first-order valence-corrected chi connectivity index (χ1v) is 5.15. The van der Waals surface area contributed by atoms with Gasteiger partial charge in [-0.2, -0.15) is 0 Å². The van der Waals surface area contributed by atoms with Gasteiger partial charge in [0.1, 0.15) is 0 Å². The Balaban J connectivity index is 2.70. The molecule has 0 spiro atoms. The Labute approximate surface area is 89.7 Å². The number of rotatable bonds is 5. The molecule has 4 nitrogen and oxygen atoms in total. The van der Waals surface area contributed by atoms with Crippen LogP contribution < -0.4 is 10.1 Å². The Kier molecular flexibility index (Phi) is 4.60. The zero-order valence-electron chi connectivity index (χ0n) is 9.12. The fourth-order valence-electron chi connectivity index (χ4n) is 1.18. The number of carbonyl (C=O) groups excluding carboxylic acids is 1. The van der Waals surface area contributed by atoms with Gasteiger partial charge in [0.05, 0.1) is 6.61 Å². The summed E-state index contributed by atoms with van der Waals surface area (Å²) in [6, 6.07) is 3.57. The minimum absolute atomic E-state index is 0.0304. The lowest BCUT2D eigenvalue weighted by Gasteiger charge is -2.09. The number of nitrogens with one attached hydrogen (secondary N) is 1. The van der Waals surface area contributed by atoms with Gasteiger partial charge in [-0.3, -0.25) is 4.79 Å². The van der Waals surface area contributed by atoms with Crippen LogP contribution in [0.2, 0.25) is 0 Å². The molecule has 1 aromatic rings. The third-order valence-corrected chi connectivity index (χ3v) is 1.81. The topological polar surface area (TPSA) is 51.2 Å². The summed E-state index contributed by atoms with van der Waals surface area (Å²) in [5, 5.41) is 2.72. The number of carbonyl (C=O) groups is 1. The third-order valence-electron chi connectivity index (χ3n) is 1.81. The predicted octanol–water partition coefficient (Wildman–Crippen LogP) is 2.22. The van der Waals surface area contributed by atoms with Crippen LogP contribution in [0, 0.1) is 0 Å². The molecule has 1 amide bonds. The Morgan fingerprint density at radius 1 is 1.53 bits per heavy atom. The highest BCUT2D eigenvalue weighted by atomic mass is 16.5. The number of anilines is 1. The van der Waals surface area contributed by atoms with Crippen molar-refractivity contribution < 1.29 is 9.53 Å². The third kappa shape index (κ3) is 3.58. The van der Waals surface area contributed by atoms with E-state index in [0.717, 1.165) is 6.42 Å². The smallest absolute Gasteiger partial charge is 0.225 e. The van der Waals surface area contributed by atoms with Crippen LogP contribution in [0.1, 0.15) is 26.7 Å². The molecule has 0 bridgehead atoms. The van der Waals surface area contributed by atoms with E-state index in [1.165, 1.54) is 0 Å². The molecule has 0 fully saturated rings. The van der Waals surface area contributed by atoms with Crippen molar-refractivity contribution in [3.05, 3.63) is 18.3 Å². The van der Waals surface area contributed by atoms with Gasteiger partial charge in [0.2, 0.25) is 5.91 Å². The Morgan fingerprint density at radius 2 is 2.33 bits per heavy atom. The normalized spacial score (nSPS) is 9.73. The Hall–Kier alpha value is -1.58. The van der Waals surface area contributed by atoms with Crippen LogP contribution in [0.15, 0.2) is 18.3 Å². The van der Waals surface area contributed by atoms with Gasteiger partial charge >= 0.3 is 0 Å². The van der Waals surface area contributed by atoms with Gasteiger partial charge < -0.3 is 10.1 Å². The van der Waals surface area contributed by atoms with E-state index in [2.05, 4.69) is 10.3 Å². The molecule has 15 heavy (non-hydrogen) atoms. The summed E-state index contributed by atoms with van der Waals surface area (Å²) in [6.07, 6.45) is 2.95. The van der Waals surface area contributed by atoms with Gasteiger partial charge in [0, 0.05) is 12.6 Å². The fourth-order valence-corrected chi connectivity index (χ4v) is 1.18. The molecule has 0 aromatic carbocycles. The number of aromatic nitrogens is 1. The van der Waals surface area contributed by atoms with Crippen LogP contribution in [-0.4, -0.2) is 17.5 Å². The van der Waals surface area contributed by atoms with E-state index >= 15 is 0 Å². The van der Waals surface area contributed by atoms with E-state index in [9.17, 15) is 4.79 Å². The van der Waals surface area contributed by atoms with Crippen molar-refractivity contribution in [3.63, 3.8) is 0 Å². The number of hydrogen-bond donors (Lipinski definition) is 1. The van der Waals surface area contributed by atoms with E-state index in [1.807, 2.05) is 13.8 Å². The van der Waals surface area contributed by atoms with Crippen molar-refractivity contribution in [1.29, 1.82) is 0 Å². The van der Waals surface area contributed by atoms with Gasteiger partial charge in [-0.05, 0) is 25.5 Å². The quantitative estimate of drug-likeness (QED) is 0.807. The summed E-state index contributed by atoms with van der Waals surface area (Å²) in [6.45, 7) is 4.41. The molecule has 82 valence electrons. The number of hydrogen-bond acceptors (Lipinski definition) is 3. The summed E-state index contributed by atoms with van der Waals surface area (Å²) in [7, 11) is 0. The van der Waals surface area contributed by atoms with Crippen LogP contribution in [0.4, 0.5) is 5.82 Å². The van der Waals surface area contributed by atoms with E-state index in [1.54, 1.807) is 18.3 Å². The lowest BCUT2D eigenvalue weighted by molar-refractivity contribution is -0.116. The van der Waals surface area contributed by atoms with E-state index in [-0.39, 0.29) is 5.91 Å². The van der Waals surface area contributed by atoms with Gasteiger partial charge in [0.15, 0.2) is 11.6 Å². The van der Waals surface area contributed by atoms with Crippen molar-refractivity contribution >= 4 is 11.7 Å². The van der Waals surface area contributed by atoms with Crippen molar-refractivity contribution in [1.82, 2.24) is 4.98 Å².